The van der Waals surface area contributed by atoms with Crippen LogP contribution in [0.3, 0.4) is 0 Å². The Morgan fingerprint density at radius 2 is 1.80 bits per heavy atom. The first-order chi connectivity index (χ1) is 4.70. The third kappa shape index (κ3) is 1.48. The zero-order valence-corrected chi connectivity index (χ0v) is 6.41. The smallest absolute Gasteiger partial charge is 0.0217 e. The summed E-state index contributed by atoms with van der Waals surface area (Å²) >= 11 is 0. The summed E-state index contributed by atoms with van der Waals surface area (Å²) < 4.78 is 0. The summed E-state index contributed by atoms with van der Waals surface area (Å²) in [6, 6.07) is 0. The minimum absolute atomic E-state index is 1.04. The van der Waals surface area contributed by atoms with E-state index in [1.165, 1.54) is 0 Å². The lowest BCUT2D eigenvalue weighted by molar-refractivity contribution is 0.141. The molecule has 0 saturated carbocycles. The Kier molecular flexibility index (Phi) is 1.92. The monoisotopic (exact) mass is 136 g/mol. The molecule has 1 rings (SSSR count). The number of hydrogen-bond acceptors (Lipinski definition) is 2. The predicted molar refractivity (Wildman–Crippen MR) is 42.9 cm³/mol. The van der Waals surface area contributed by atoms with Crippen LogP contribution in [0.15, 0.2) is 36.7 Å². The van der Waals surface area contributed by atoms with Gasteiger partial charge >= 0.3 is 0 Å². The van der Waals surface area contributed by atoms with Crippen LogP contribution >= 0.6 is 0 Å². The molecule has 0 radical (unpaired) electrons. The van der Waals surface area contributed by atoms with Gasteiger partial charge in [-0.05, 0) is 17.7 Å². The maximum absolute atomic E-state index is 3.79. The highest BCUT2D eigenvalue weighted by Crippen LogP contribution is 2.06. The minimum Gasteiger partial charge on any atom is -0.289 e. The van der Waals surface area contributed by atoms with Crippen LogP contribution in [0.4, 0.5) is 0 Å². The number of allylic oxidation sites excluding steroid dienone is 3. The van der Waals surface area contributed by atoms with Gasteiger partial charge in [-0.3, -0.25) is 5.01 Å². The van der Waals surface area contributed by atoms with Gasteiger partial charge in [0.25, 0.3) is 0 Å². The van der Waals surface area contributed by atoms with E-state index >= 15 is 0 Å². The number of rotatable bonds is 1. The fourth-order valence-corrected chi connectivity index (χ4v) is 0.716. The molecule has 0 aromatic carbocycles. The van der Waals surface area contributed by atoms with Crippen LogP contribution in [0.5, 0.6) is 0 Å². The lowest BCUT2D eigenvalue weighted by atomic mass is 10.2. The van der Waals surface area contributed by atoms with E-state index in [1.54, 1.807) is 0 Å². The van der Waals surface area contributed by atoms with E-state index < -0.39 is 0 Å². The van der Waals surface area contributed by atoms with E-state index in [0.29, 0.717) is 0 Å². The second-order valence-corrected chi connectivity index (χ2v) is 2.43. The van der Waals surface area contributed by atoms with Gasteiger partial charge < -0.3 is 0 Å². The van der Waals surface area contributed by atoms with Crippen molar-refractivity contribution in [1.29, 1.82) is 0 Å². The van der Waals surface area contributed by atoms with Gasteiger partial charge in [-0.15, -0.1) is 0 Å². The molecule has 10 heavy (non-hydrogen) atoms. The summed E-state index contributed by atoms with van der Waals surface area (Å²) in [5, 5.41) is 3.97. The maximum atomic E-state index is 3.79. The van der Waals surface area contributed by atoms with Crippen LogP contribution in [-0.4, -0.2) is 24.1 Å². The summed E-state index contributed by atoms with van der Waals surface area (Å²) in [5.74, 6) is 0. The fraction of sp³-hybridized carbons (Fsp3) is 0.250. The van der Waals surface area contributed by atoms with Crippen LogP contribution in [0, 0.1) is 0 Å². The molecule has 1 aliphatic heterocycles. The van der Waals surface area contributed by atoms with E-state index in [4.69, 9.17) is 0 Å². The molecular weight excluding hydrogens is 124 g/mol. The van der Waals surface area contributed by atoms with Crippen molar-refractivity contribution in [2.75, 3.05) is 14.1 Å². The Bertz CT molecular complexity index is 173. The molecule has 0 aromatic heterocycles. The molecule has 0 unspecified atom stereocenters. The van der Waals surface area contributed by atoms with Crippen LogP contribution in [0.25, 0.3) is 0 Å². The highest BCUT2D eigenvalue weighted by atomic mass is 15.6. The van der Waals surface area contributed by atoms with E-state index in [9.17, 15) is 0 Å². The summed E-state index contributed by atoms with van der Waals surface area (Å²) in [6.07, 6.45) is 7.89. The van der Waals surface area contributed by atoms with Gasteiger partial charge in [0.1, 0.15) is 0 Å². The van der Waals surface area contributed by atoms with Crippen LogP contribution < -0.4 is 0 Å². The van der Waals surface area contributed by atoms with Gasteiger partial charge in [0.05, 0.1) is 0 Å². The van der Waals surface area contributed by atoms with Crippen molar-refractivity contribution in [3.05, 3.63) is 36.7 Å². The van der Waals surface area contributed by atoms with E-state index in [2.05, 4.69) is 6.58 Å². The Balaban J connectivity index is 2.62. The molecule has 0 saturated heterocycles. The molecular formula is C8H12N2. The van der Waals surface area contributed by atoms with Gasteiger partial charge in [-0.2, -0.15) is 0 Å². The van der Waals surface area contributed by atoms with E-state index in [-0.39, 0.29) is 0 Å². The summed E-state index contributed by atoms with van der Waals surface area (Å²) in [6.45, 7) is 3.79. The summed E-state index contributed by atoms with van der Waals surface area (Å²) in [7, 11) is 3.98. The van der Waals surface area contributed by atoms with Crippen molar-refractivity contribution >= 4 is 0 Å². The first-order valence-electron chi connectivity index (χ1n) is 3.21. The predicted octanol–water partition coefficient (Wildman–Crippen LogP) is 1.36. The molecule has 0 amide bonds. The van der Waals surface area contributed by atoms with Gasteiger partial charge in [0.2, 0.25) is 0 Å². The van der Waals surface area contributed by atoms with Gasteiger partial charge in [0.15, 0.2) is 0 Å². The fourth-order valence-electron chi connectivity index (χ4n) is 0.716. The van der Waals surface area contributed by atoms with Gasteiger partial charge in [-0.25, -0.2) is 5.01 Å². The summed E-state index contributed by atoms with van der Waals surface area (Å²) in [4.78, 5) is 0. The maximum Gasteiger partial charge on any atom is 0.0217 e. The first-order valence-corrected chi connectivity index (χ1v) is 3.21. The van der Waals surface area contributed by atoms with Gasteiger partial charge in [-0.1, -0.05) is 6.58 Å². The van der Waals surface area contributed by atoms with E-state index in [0.717, 1.165) is 5.57 Å². The highest BCUT2D eigenvalue weighted by Gasteiger charge is 1.99. The molecule has 2 heteroatoms. The standard InChI is InChI=1S/C8H12N2/c1-8-4-6-10(7-5-8)9(2)3/h4-7H,1H2,2-3H3. The summed E-state index contributed by atoms with van der Waals surface area (Å²) in [5.41, 5.74) is 1.04. The molecule has 2 nitrogen and oxygen atoms in total. The normalized spacial score (nSPS) is 17.1. The molecule has 0 N–H and O–H groups in total. The SMILES string of the molecule is C=C1C=CN(N(C)C)C=C1. The molecule has 1 aliphatic rings. The average Bonchev–Trinajstić information content (AvgIpc) is 1.88. The molecule has 0 aromatic rings. The molecule has 0 atom stereocenters. The molecule has 0 aliphatic carbocycles. The van der Waals surface area contributed by atoms with Crippen LogP contribution in [0.1, 0.15) is 0 Å². The second kappa shape index (κ2) is 2.71. The Hall–Kier alpha value is -1.02. The van der Waals surface area contributed by atoms with Gasteiger partial charge in [0, 0.05) is 26.5 Å². The van der Waals surface area contributed by atoms with Crippen molar-refractivity contribution in [3.63, 3.8) is 0 Å². The highest BCUT2D eigenvalue weighted by molar-refractivity contribution is 5.30. The number of nitrogens with zero attached hydrogens (tertiary/aromatic N) is 2. The first kappa shape index (κ1) is 7.09. The van der Waals surface area contributed by atoms with Crippen molar-refractivity contribution < 1.29 is 0 Å². The topological polar surface area (TPSA) is 6.48 Å². The zero-order chi connectivity index (χ0) is 7.56. The molecule has 1 heterocycles. The molecule has 0 spiro atoms. The Morgan fingerprint density at radius 1 is 1.30 bits per heavy atom. The van der Waals surface area contributed by atoms with Crippen molar-refractivity contribution in [1.82, 2.24) is 10.0 Å². The van der Waals surface area contributed by atoms with Crippen LogP contribution in [-0.2, 0) is 0 Å². The lowest BCUT2D eigenvalue weighted by Crippen LogP contribution is -2.28. The zero-order valence-electron chi connectivity index (χ0n) is 6.41. The van der Waals surface area contributed by atoms with Crippen molar-refractivity contribution in [2.45, 2.75) is 0 Å². The second-order valence-electron chi connectivity index (χ2n) is 2.43. The van der Waals surface area contributed by atoms with Crippen molar-refractivity contribution in [2.24, 2.45) is 0 Å². The number of hydrogen-bond donors (Lipinski definition) is 0. The number of hydrazine groups is 1. The molecule has 0 bridgehead atoms. The minimum atomic E-state index is 1.04. The largest absolute Gasteiger partial charge is 0.289 e. The van der Waals surface area contributed by atoms with Crippen molar-refractivity contribution in [3.8, 4) is 0 Å². The quantitative estimate of drug-likeness (QED) is 0.537. The third-order valence-electron chi connectivity index (χ3n) is 1.34. The third-order valence-corrected chi connectivity index (χ3v) is 1.34. The Labute approximate surface area is 61.7 Å². The van der Waals surface area contributed by atoms with E-state index in [1.807, 2.05) is 48.7 Å². The average molecular weight is 136 g/mol. The molecule has 54 valence electrons. The van der Waals surface area contributed by atoms with Crippen LogP contribution in [0.2, 0.25) is 0 Å². The Morgan fingerprint density at radius 3 is 2.20 bits per heavy atom. The lowest BCUT2D eigenvalue weighted by Gasteiger charge is -2.25. The molecule has 0 fully saturated rings.